The van der Waals surface area contributed by atoms with Crippen molar-refractivity contribution < 1.29 is 18.0 Å². The normalized spacial score (nSPS) is 21.1. The van der Waals surface area contributed by atoms with E-state index >= 15 is 0 Å². The first-order valence-corrected chi connectivity index (χ1v) is 9.08. The standard InChI is InChI=1S/C17H14BrF3N4O2/c18-12-7-9(1-3-11(12)17(19,20)21)22-16(27)25-10-2-4-13(25)15-8(5-10)6-14(26)23-24-15/h1,3,6-7,10,13H,2,4-5H2,(H,22,27)(H,23,26)/t10-,13+/m1/s1. The van der Waals surface area contributed by atoms with Crippen molar-refractivity contribution >= 4 is 27.6 Å². The van der Waals surface area contributed by atoms with Crippen molar-refractivity contribution in [3.05, 3.63) is 55.9 Å². The lowest BCUT2D eigenvalue weighted by molar-refractivity contribution is -0.138. The summed E-state index contributed by atoms with van der Waals surface area (Å²) in [6, 6.07) is 4.17. The van der Waals surface area contributed by atoms with Crippen LogP contribution in [0.15, 0.2) is 33.5 Å². The second kappa shape index (κ2) is 6.36. The Morgan fingerprint density at radius 1 is 1.30 bits per heavy atom. The number of aromatic nitrogens is 2. The molecule has 10 heteroatoms. The lowest BCUT2D eigenvalue weighted by Crippen LogP contribution is -2.45. The van der Waals surface area contributed by atoms with Gasteiger partial charge in [-0.3, -0.25) is 4.79 Å². The van der Waals surface area contributed by atoms with Crippen LogP contribution in [0.4, 0.5) is 23.7 Å². The Kier molecular flexibility index (Phi) is 4.25. The van der Waals surface area contributed by atoms with Gasteiger partial charge in [-0.2, -0.15) is 18.3 Å². The second-order valence-electron chi connectivity index (χ2n) is 6.62. The van der Waals surface area contributed by atoms with E-state index < -0.39 is 17.8 Å². The number of hydrogen-bond acceptors (Lipinski definition) is 3. The van der Waals surface area contributed by atoms with E-state index in [0.29, 0.717) is 12.1 Å². The molecule has 3 heterocycles. The second-order valence-corrected chi connectivity index (χ2v) is 7.48. The molecule has 0 aliphatic carbocycles. The van der Waals surface area contributed by atoms with Crippen molar-refractivity contribution in [1.29, 1.82) is 0 Å². The SMILES string of the molecule is O=C(Nc1ccc(C(F)(F)F)c(Br)c1)N1[C@@H]2CC[C@H]1c1n[nH]c(=O)cc1C2. The molecule has 2 amide bonds. The number of nitrogens with one attached hydrogen (secondary N) is 2. The number of hydrogen-bond donors (Lipinski definition) is 2. The molecule has 2 bridgehead atoms. The van der Waals surface area contributed by atoms with E-state index in [4.69, 9.17) is 0 Å². The zero-order valence-corrected chi connectivity index (χ0v) is 15.4. The Morgan fingerprint density at radius 3 is 2.78 bits per heavy atom. The lowest BCUT2D eigenvalue weighted by Gasteiger charge is -2.35. The van der Waals surface area contributed by atoms with Crippen molar-refractivity contribution in [3.63, 3.8) is 0 Å². The van der Waals surface area contributed by atoms with Crippen molar-refractivity contribution in [3.8, 4) is 0 Å². The van der Waals surface area contributed by atoms with E-state index in [1.807, 2.05) is 0 Å². The van der Waals surface area contributed by atoms with Gasteiger partial charge in [0, 0.05) is 22.3 Å². The monoisotopic (exact) mass is 442 g/mol. The van der Waals surface area contributed by atoms with Gasteiger partial charge in [0.2, 0.25) is 0 Å². The predicted molar refractivity (Wildman–Crippen MR) is 94.3 cm³/mol. The third-order valence-corrected chi connectivity index (χ3v) is 5.61. The van der Waals surface area contributed by atoms with E-state index in [1.54, 1.807) is 4.90 Å². The molecule has 0 saturated carbocycles. The average Bonchev–Trinajstić information content (AvgIpc) is 2.89. The number of amides is 2. The summed E-state index contributed by atoms with van der Waals surface area (Å²) < 4.78 is 38.4. The molecule has 2 N–H and O–H groups in total. The van der Waals surface area contributed by atoms with Crippen LogP contribution in [-0.4, -0.2) is 27.2 Å². The maximum atomic E-state index is 12.9. The van der Waals surface area contributed by atoms with Crippen LogP contribution in [0.3, 0.4) is 0 Å². The average molecular weight is 443 g/mol. The Morgan fingerprint density at radius 2 is 2.07 bits per heavy atom. The van der Waals surface area contributed by atoms with Crippen LogP contribution < -0.4 is 10.9 Å². The van der Waals surface area contributed by atoms with Gasteiger partial charge in [0.1, 0.15) is 0 Å². The third kappa shape index (κ3) is 3.22. The molecule has 1 fully saturated rings. The first-order chi connectivity index (χ1) is 12.7. The number of urea groups is 1. The number of halogens is 4. The number of nitrogens with zero attached hydrogens (tertiary/aromatic N) is 2. The van der Waals surface area contributed by atoms with Crippen LogP contribution >= 0.6 is 15.9 Å². The Labute approximate surface area is 159 Å². The highest BCUT2D eigenvalue weighted by atomic mass is 79.9. The number of aromatic amines is 1. The van der Waals surface area contributed by atoms with Crippen LogP contribution in [0.5, 0.6) is 0 Å². The molecule has 2 atom stereocenters. The summed E-state index contributed by atoms with van der Waals surface area (Å²) in [7, 11) is 0. The maximum Gasteiger partial charge on any atom is 0.417 e. The molecular weight excluding hydrogens is 429 g/mol. The minimum Gasteiger partial charge on any atom is -0.313 e. The van der Waals surface area contributed by atoms with E-state index in [-0.39, 0.29) is 27.8 Å². The summed E-state index contributed by atoms with van der Waals surface area (Å²) in [5, 5.41) is 9.17. The molecule has 6 nitrogen and oxygen atoms in total. The van der Waals surface area contributed by atoms with Crippen LogP contribution in [0.25, 0.3) is 0 Å². The molecule has 2 aliphatic rings. The van der Waals surface area contributed by atoms with E-state index in [2.05, 4.69) is 31.4 Å². The van der Waals surface area contributed by atoms with Crippen molar-refractivity contribution in [2.75, 3.05) is 5.32 Å². The first kappa shape index (κ1) is 18.0. The van der Waals surface area contributed by atoms with Crippen LogP contribution in [0.2, 0.25) is 0 Å². The molecule has 0 spiro atoms. The zero-order chi connectivity index (χ0) is 19.3. The van der Waals surface area contributed by atoms with Gasteiger partial charge in [-0.1, -0.05) is 15.9 Å². The summed E-state index contributed by atoms with van der Waals surface area (Å²) in [6.07, 6.45) is -2.44. The highest BCUT2D eigenvalue weighted by Crippen LogP contribution is 2.42. The fraction of sp³-hybridized carbons (Fsp3) is 0.353. The number of fused-ring (bicyclic) bond motifs is 4. The van der Waals surface area contributed by atoms with Gasteiger partial charge in [-0.25, -0.2) is 9.89 Å². The zero-order valence-electron chi connectivity index (χ0n) is 13.8. The summed E-state index contributed by atoms with van der Waals surface area (Å²) in [6.45, 7) is 0. The number of rotatable bonds is 1. The first-order valence-electron chi connectivity index (χ1n) is 8.28. The van der Waals surface area contributed by atoms with Crippen molar-refractivity contribution in [2.24, 2.45) is 0 Å². The predicted octanol–water partition coefficient (Wildman–Crippen LogP) is 3.84. The summed E-state index contributed by atoms with van der Waals surface area (Å²) in [4.78, 5) is 25.9. The lowest BCUT2D eigenvalue weighted by atomic mass is 9.99. The van der Waals surface area contributed by atoms with Crippen molar-refractivity contribution in [2.45, 2.75) is 37.5 Å². The number of alkyl halides is 3. The Hall–Kier alpha value is -2.36. The number of benzene rings is 1. The molecule has 1 saturated heterocycles. The minimum absolute atomic E-state index is 0.0658. The molecule has 27 heavy (non-hydrogen) atoms. The van der Waals surface area contributed by atoms with Crippen molar-refractivity contribution in [1.82, 2.24) is 15.1 Å². The van der Waals surface area contributed by atoms with Crippen LogP contribution in [0.1, 0.15) is 35.7 Å². The number of carbonyl (C=O) groups excluding carboxylic acids is 1. The molecule has 2 aromatic rings. The summed E-state index contributed by atoms with van der Waals surface area (Å²) in [5.74, 6) is 0. The van der Waals surface area contributed by atoms with E-state index in [9.17, 15) is 22.8 Å². The maximum absolute atomic E-state index is 12.9. The van der Waals surface area contributed by atoms with Gasteiger partial charge in [-0.05, 0) is 43.0 Å². The van der Waals surface area contributed by atoms with Gasteiger partial charge in [0.05, 0.1) is 17.3 Å². The molecule has 2 aliphatic heterocycles. The minimum atomic E-state index is -4.47. The van der Waals surface area contributed by atoms with Gasteiger partial charge >= 0.3 is 12.2 Å². The fourth-order valence-electron chi connectivity index (χ4n) is 3.83. The van der Waals surface area contributed by atoms with E-state index in [0.717, 1.165) is 24.5 Å². The van der Waals surface area contributed by atoms with Gasteiger partial charge < -0.3 is 10.2 Å². The quantitative estimate of drug-likeness (QED) is 0.703. The molecule has 4 rings (SSSR count). The Balaban J connectivity index is 1.57. The van der Waals surface area contributed by atoms with Crippen LogP contribution in [0, 0.1) is 0 Å². The van der Waals surface area contributed by atoms with Crippen LogP contribution in [-0.2, 0) is 12.6 Å². The highest BCUT2D eigenvalue weighted by Gasteiger charge is 2.44. The molecular formula is C17H14BrF3N4O2. The topological polar surface area (TPSA) is 78.1 Å². The number of anilines is 1. The number of carbonyl (C=O) groups is 1. The molecule has 1 aromatic carbocycles. The summed E-state index contributed by atoms with van der Waals surface area (Å²) >= 11 is 2.90. The van der Waals surface area contributed by atoms with Gasteiger partial charge in [-0.15, -0.1) is 0 Å². The third-order valence-electron chi connectivity index (χ3n) is 4.95. The molecule has 1 aromatic heterocycles. The van der Waals surface area contributed by atoms with Gasteiger partial charge in [0.25, 0.3) is 5.56 Å². The molecule has 0 unspecified atom stereocenters. The Bertz CT molecular complexity index is 975. The molecule has 0 radical (unpaired) electrons. The molecule has 142 valence electrons. The van der Waals surface area contributed by atoms with E-state index in [1.165, 1.54) is 18.2 Å². The summed E-state index contributed by atoms with van der Waals surface area (Å²) in [5.41, 5.74) is 0.695. The number of H-pyrrole nitrogens is 1. The highest BCUT2D eigenvalue weighted by molar-refractivity contribution is 9.10. The fourth-order valence-corrected chi connectivity index (χ4v) is 4.43. The largest absolute Gasteiger partial charge is 0.417 e. The smallest absolute Gasteiger partial charge is 0.313 e. The van der Waals surface area contributed by atoms with Gasteiger partial charge in [0.15, 0.2) is 0 Å².